The van der Waals surface area contributed by atoms with E-state index in [1.807, 2.05) is 0 Å². The first kappa shape index (κ1) is 14.3. The van der Waals surface area contributed by atoms with Crippen molar-refractivity contribution in [3.63, 3.8) is 0 Å². The number of ether oxygens (including phenoxy) is 1. The second kappa shape index (κ2) is 5.30. The first-order valence-electron chi connectivity index (χ1n) is 6.22. The van der Waals surface area contributed by atoms with Crippen LogP contribution >= 0.6 is 0 Å². The Morgan fingerprint density at radius 3 is 2.55 bits per heavy atom. The Kier molecular flexibility index (Phi) is 3.45. The molecule has 0 saturated carbocycles. The lowest BCUT2D eigenvalue weighted by atomic mass is 10.2. The number of hydrogen-bond acceptors (Lipinski definition) is 5. The van der Waals surface area contributed by atoms with Crippen LogP contribution in [0.2, 0.25) is 0 Å². The average Bonchev–Trinajstić information content (AvgIpc) is 2.89. The second-order valence-corrected chi connectivity index (χ2v) is 5.98. The standard InChI is InChI=1S/C14H11FN2O4S/c1-20-10-4-7-13-12(8-10)14(17-16-13)21-22(18,19)11-5-2-9(15)3-6-11/h2-8H,1H3,(H,16,17). The molecule has 0 bridgehead atoms. The summed E-state index contributed by atoms with van der Waals surface area (Å²) in [6.07, 6.45) is 0. The molecular formula is C14H11FN2O4S. The van der Waals surface area contributed by atoms with Crippen molar-refractivity contribution in [3.8, 4) is 11.6 Å². The van der Waals surface area contributed by atoms with E-state index in [0.717, 1.165) is 24.3 Å². The number of H-pyrrole nitrogens is 1. The van der Waals surface area contributed by atoms with Gasteiger partial charge in [-0.05, 0) is 42.5 Å². The molecule has 1 heterocycles. The highest BCUT2D eigenvalue weighted by atomic mass is 32.2. The van der Waals surface area contributed by atoms with Gasteiger partial charge in [0.25, 0.3) is 5.88 Å². The maximum atomic E-state index is 12.9. The molecular weight excluding hydrogens is 311 g/mol. The number of methoxy groups -OCH3 is 1. The molecule has 2 aromatic carbocycles. The SMILES string of the molecule is COc1ccc2[nH]nc(OS(=O)(=O)c3ccc(F)cc3)c2c1. The fourth-order valence-electron chi connectivity index (χ4n) is 1.91. The Balaban J connectivity index is 2.00. The molecule has 0 atom stereocenters. The number of rotatable bonds is 4. The summed E-state index contributed by atoms with van der Waals surface area (Å²) >= 11 is 0. The minimum Gasteiger partial charge on any atom is -0.497 e. The van der Waals surface area contributed by atoms with Crippen LogP contribution in [-0.2, 0) is 10.1 Å². The van der Waals surface area contributed by atoms with E-state index in [-0.39, 0.29) is 10.8 Å². The molecule has 3 rings (SSSR count). The monoisotopic (exact) mass is 322 g/mol. The first-order chi connectivity index (χ1) is 10.5. The minimum atomic E-state index is -4.10. The quantitative estimate of drug-likeness (QED) is 0.746. The summed E-state index contributed by atoms with van der Waals surface area (Å²) in [7, 11) is -2.60. The fraction of sp³-hybridized carbons (Fsp3) is 0.0714. The van der Waals surface area contributed by atoms with E-state index in [9.17, 15) is 12.8 Å². The fourth-order valence-corrected chi connectivity index (χ4v) is 2.81. The van der Waals surface area contributed by atoms with E-state index in [0.29, 0.717) is 16.7 Å². The summed E-state index contributed by atoms with van der Waals surface area (Å²) in [6, 6.07) is 9.34. The molecule has 0 aliphatic carbocycles. The van der Waals surface area contributed by atoms with Crippen LogP contribution in [0.15, 0.2) is 47.4 Å². The van der Waals surface area contributed by atoms with Gasteiger partial charge in [-0.3, -0.25) is 5.10 Å². The zero-order valence-corrected chi connectivity index (χ0v) is 12.2. The smallest absolute Gasteiger partial charge is 0.340 e. The van der Waals surface area contributed by atoms with E-state index in [1.165, 1.54) is 7.11 Å². The molecule has 1 aromatic heterocycles. The lowest BCUT2D eigenvalue weighted by Gasteiger charge is -2.05. The summed E-state index contributed by atoms with van der Waals surface area (Å²) in [5.41, 5.74) is 0.602. The van der Waals surface area contributed by atoms with Gasteiger partial charge in [0.15, 0.2) is 0 Å². The minimum absolute atomic E-state index is 0.0989. The van der Waals surface area contributed by atoms with E-state index in [1.54, 1.807) is 18.2 Å². The van der Waals surface area contributed by atoms with Crippen LogP contribution in [0, 0.1) is 5.82 Å². The number of nitrogens with zero attached hydrogens (tertiary/aromatic N) is 1. The van der Waals surface area contributed by atoms with Crippen LogP contribution in [0.4, 0.5) is 4.39 Å². The Labute approximate surface area is 125 Å². The van der Waals surface area contributed by atoms with Crippen LogP contribution in [0.3, 0.4) is 0 Å². The zero-order chi connectivity index (χ0) is 15.7. The number of benzene rings is 2. The Morgan fingerprint density at radius 2 is 1.86 bits per heavy atom. The van der Waals surface area contributed by atoms with Gasteiger partial charge in [0.05, 0.1) is 18.0 Å². The molecule has 6 nitrogen and oxygen atoms in total. The van der Waals surface area contributed by atoms with Crippen molar-refractivity contribution < 1.29 is 21.7 Å². The van der Waals surface area contributed by atoms with E-state index >= 15 is 0 Å². The van der Waals surface area contributed by atoms with E-state index < -0.39 is 15.9 Å². The summed E-state index contributed by atoms with van der Waals surface area (Å²) < 4.78 is 47.4. The van der Waals surface area contributed by atoms with Gasteiger partial charge in [-0.1, -0.05) is 0 Å². The topological polar surface area (TPSA) is 81.3 Å². The lowest BCUT2D eigenvalue weighted by molar-refractivity contribution is 0.415. The van der Waals surface area contributed by atoms with Crippen LogP contribution in [-0.4, -0.2) is 25.7 Å². The molecule has 114 valence electrons. The van der Waals surface area contributed by atoms with Crippen molar-refractivity contribution in [2.75, 3.05) is 7.11 Å². The number of nitrogens with one attached hydrogen (secondary N) is 1. The average molecular weight is 322 g/mol. The molecule has 0 saturated heterocycles. The Hall–Kier alpha value is -2.61. The molecule has 0 spiro atoms. The number of halogens is 1. The van der Waals surface area contributed by atoms with Crippen molar-refractivity contribution in [1.29, 1.82) is 0 Å². The predicted molar refractivity (Wildman–Crippen MR) is 76.9 cm³/mol. The predicted octanol–water partition coefficient (Wildman–Crippen LogP) is 2.48. The van der Waals surface area contributed by atoms with Crippen molar-refractivity contribution >= 4 is 21.0 Å². The third-order valence-electron chi connectivity index (χ3n) is 3.03. The third-order valence-corrected chi connectivity index (χ3v) is 4.25. The van der Waals surface area contributed by atoms with Gasteiger partial charge in [-0.2, -0.15) is 8.42 Å². The molecule has 3 aromatic rings. The lowest BCUT2D eigenvalue weighted by Crippen LogP contribution is -2.10. The van der Waals surface area contributed by atoms with Crippen molar-refractivity contribution in [1.82, 2.24) is 10.2 Å². The van der Waals surface area contributed by atoms with Gasteiger partial charge in [-0.15, -0.1) is 5.10 Å². The van der Waals surface area contributed by atoms with Crippen molar-refractivity contribution in [2.24, 2.45) is 0 Å². The van der Waals surface area contributed by atoms with E-state index in [4.69, 9.17) is 8.92 Å². The van der Waals surface area contributed by atoms with Crippen LogP contribution in [0.25, 0.3) is 10.9 Å². The molecule has 0 radical (unpaired) electrons. The molecule has 1 N–H and O–H groups in total. The molecule has 8 heteroatoms. The first-order valence-corrected chi connectivity index (χ1v) is 7.62. The van der Waals surface area contributed by atoms with Crippen LogP contribution in [0.5, 0.6) is 11.6 Å². The normalized spacial score (nSPS) is 11.5. The molecule has 0 aliphatic rings. The second-order valence-electron chi connectivity index (χ2n) is 4.43. The molecule has 22 heavy (non-hydrogen) atoms. The summed E-state index contributed by atoms with van der Waals surface area (Å²) in [6.45, 7) is 0. The third kappa shape index (κ3) is 2.60. The maximum absolute atomic E-state index is 12.9. The van der Waals surface area contributed by atoms with Crippen LogP contribution in [0.1, 0.15) is 0 Å². The van der Waals surface area contributed by atoms with Gasteiger partial charge < -0.3 is 8.92 Å². The maximum Gasteiger partial charge on any atom is 0.340 e. The van der Waals surface area contributed by atoms with E-state index in [2.05, 4.69) is 10.2 Å². The van der Waals surface area contributed by atoms with Gasteiger partial charge >= 0.3 is 10.1 Å². The Morgan fingerprint density at radius 1 is 1.14 bits per heavy atom. The zero-order valence-electron chi connectivity index (χ0n) is 11.4. The number of hydrogen-bond donors (Lipinski definition) is 1. The molecule has 0 fully saturated rings. The summed E-state index contributed by atoms with van der Waals surface area (Å²) in [4.78, 5) is -0.159. The largest absolute Gasteiger partial charge is 0.497 e. The van der Waals surface area contributed by atoms with Crippen LogP contribution < -0.4 is 8.92 Å². The molecule has 0 aliphatic heterocycles. The molecule has 0 unspecified atom stereocenters. The number of aromatic amines is 1. The highest BCUT2D eigenvalue weighted by molar-refractivity contribution is 7.87. The van der Waals surface area contributed by atoms with Crippen molar-refractivity contribution in [3.05, 3.63) is 48.3 Å². The highest BCUT2D eigenvalue weighted by Crippen LogP contribution is 2.28. The van der Waals surface area contributed by atoms with Gasteiger partial charge in [0.2, 0.25) is 0 Å². The van der Waals surface area contributed by atoms with Gasteiger partial charge in [0, 0.05) is 0 Å². The summed E-state index contributed by atoms with van der Waals surface area (Å²) in [5.74, 6) is -0.0925. The van der Waals surface area contributed by atoms with Gasteiger partial charge in [-0.25, -0.2) is 4.39 Å². The number of fused-ring (bicyclic) bond motifs is 1. The van der Waals surface area contributed by atoms with Crippen molar-refractivity contribution in [2.45, 2.75) is 4.90 Å². The van der Waals surface area contributed by atoms with Gasteiger partial charge in [0.1, 0.15) is 16.5 Å². The molecule has 0 amide bonds. The number of aromatic nitrogens is 2. The Bertz CT molecular complexity index is 920. The summed E-state index contributed by atoms with van der Waals surface area (Å²) in [5, 5.41) is 6.97. The highest BCUT2D eigenvalue weighted by Gasteiger charge is 2.20.